The predicted molar refractivity (Wildman–Crippen MR) is 111 cm³/mol. The number of rotatable bonds is 10. The van der Waals surface area contributed by atoms with Crippen molar-refractivity contribution in [2.24, 2.45) is 0 Å². The van der Waals surface area contributed by atoms with Crippen LogP contribution >= 0.6 is 0 Å². The molecule has 1 heterocycles. The fourth-order valence-electron chi connectivity index (χ4n) is 3.48. The first-order chi connectivity index (χ1) is 12.6. The van der Waals surface area contributed by atoms with E-state index in [0.717, 1.165) is 37.3 Å². The van der Waals surface area contributed by atoms with Crippen molar-refractivity contribution in [1.82, 2.24) is 9.88 Å². The number of pyridine rings is 1. The molecule has 0 spiro atoms. The summed E-state index contributed by atoms with van der Waals surface area (Å²) in [6.07, 6.45) is 7.66. The van der Waals surface area contributed by atoms with Crippen LogP contribution in [0.4, 0.5) is 0 Å². The maximum absolute atomic E-state index is 6.36. The molecule has 2 aromatic rings. The van der Waals surface area contributed by atoms with Crippen LogP contribution in [0.15, 0.2) is 36.5 Å². The molecule has 0 aliphatic heterocycles. The summed E-state index contributed by atoms with van der Waals surface area (Å²) >= 11 is 0. The molecule has 0 aliphatic carbocycles. The average molecular weight is 355 g/mol. The van der Waals surface area contributed by atoms with Gasteiger partial charge in [-0.2, -0.15) is 0 Å². The zero-order valence-electron chi connectivity index (χ0n) is 17.1. The third-order valence-electron chi connectivity index (χ3n) is 4.56. The topological polar surface area (TPSA) is 25.4 Å². The van der Waals surface area contributed by atoms with Gasteiger partial charge in [0.2, 0.25) is 0 Å². The molecule has 0 amide bonds. The molecule has 3 heteroatoms. The highest BCUT2D eigenvalue weighted by Crippen LogP contribution is 2.34. The summed E-state index contributed by atoms with van der Waals surface area (Å²) in [4.78, 5) is 6.77. The van der Waals surface area contributed by atoms with Crippen LogP contribution in [-0.4, -0.2) is 36.6 Å². The maximum Gasteiger partial charge on any atom is 0.123 e. The van der Waals surface area contributed by atoms with E-state index >= 15 is 0 Å². The normalized spacial score (nSPS) is 12.4. The van der Waals surface area contributed by atoms with Crippen molar-refractivity contribution in [2.45, 2.75) is 59.0 Å². The lowest BCUT2D eigenvalue weighted by Gasteiger charge is -2.23. The van der Waals surface area contributed by atoms with Crippen molar-refractivity contribution < 1.29 is 4.74 Å². The second kappa shape index (κ2) is 10.3. The lowest BCUT2D eigenvalue weighted by atomic mass is 9.91. The molecule has 0 N–H and O–H groups in total. The Morgan fingerprint density at radius 2 is 1.81 bits per heavy atom. The van der Waals surface area contributed by atoms with E-state index in [1.54, 1.807) is 0 Å². The summed E-state index contributed by atoms with van der Waals surface area (Å²) in [6, 6.07) is 10.5. The molecule has 1 aromatic carbocycles. The number of aromatic nitrogens is 1. The second-order valence-electron chi connectivity index (χ2n) is 7.33. The van der Waals surface area contributed by atoms with E-state index in [9.17, 15) is 0 Å². The van der Waals surface area contributed by atoms with Crippen molar-refractivity contribution in [1.29, 1.82) is 0 Å². The van der Waals surface area contributed by atoms with E-state index in [2.05, 4.69) is 69.0 Å². The standard InChI is InChI=1S/C23H34N2O/c1-6-8-12-19-20(22-13-9-10-16-24-22)14-15-23(21(19)11-7-2)26-18(3)17-25(4)5/h9-10,13-16,18H,6-8,11-12,17H2,1-5H3. The van der Waals surface area contributed by atoms with Crippen LogP contribution < -0.4 is 4.74 Å². The summed E-state index contributed by atoms with van der Waals surface area (Å²) < 4.78 is 6.36. The molecular weight excluding hydrogens is 320 g/mol. The fraction of sp³-hybridized carbons (Fsp3) is 0.522. The van der Waals surface area contributed by atoms with Crippen LogP contribution in [0.1, 0.15) is 51.2 Å². The summed E-state index contributed by atoms with van der Waals surface area (Å²) in [5, 5.41) is 0. The van der Waals surface area contributed by atoms with Gasteiger partial charge in [0.15, 0.2) is 0 Å². The third-order valence-corrected chi connectivity index (χ3v) is 4.56. The van der Waals surface area contributed by atoms with E-state index in [0.29, 0.717) is 0 Å². The number of benzene rings is 1. The van der Waals surface area contributed by atoms with E-state index < -0.39 is 0 Å². The molecule has 0 bridgehead atoms. The molecule has 3 nitrogen and oxygen atoms in total. The average Bonchev–Trinajstić information content (AvgIpc) is 2.62. The maximum atomic E-state index is 6.36. The van der Waals surface area contributed by atoms with Gasteiger partial charge in [-0.1, -0.05) is 32.8 Å². The van der Waals surface area contributed by atoms with Crippen molar-refractivity contribution in [3.63, 3.8) is 0 Å². The summed E-state index contributed by atoms with van der Waals surface area (Å²) in [7, 11) is 4.17. The third kappa shape index (κ3) is 5.57. The SMILES string of the molecule is CCCCc1c(-c2ccccn2)ccc(OC(C)CN(C)C)c1CCC. The molecule has 142 valence electrons. The molecular formula is C23H34N2O. The number of hydrogen-bond acceptors (Lipinski definition) is 3. The van der Waals surface area contributed by atoms with Gasteiger partial charge in [0.25, 0.3) is 0 Å². The Morgan fingerprint density at radius 1 is 1.00 bits per heavy atom. The zero-order valence-corrected chi connectivity index (χ0v) is 17.1. The van der Waals surface area contributed by atoms with Gasteiger partial charge in [-0.05, 0) is 75.7 Å². The smallest absolute Gasteiger partial charge is 0.123 e. The van der Waals surface area contributed by atoms with Gasteiger partial charge in [0.1, 0.15) is 11.9 Å². The van der Waals surface area contributed by atoms with Gasteiger partial charge in [0.05, 0.1) is 5.69 Å². The number of unbranched alkanes of at least 4 members (excludes halogenated alkanes) is 1. The second-order valence-corrected chi connectivity index (χ2v) is 7.33. The van der Waals surface area contributed by atoms with Crippen LogP contribution in [0.5, 0.6) is 5.75 Å². The van der Waals surface area contributed by atoms with Crippen LogP contribution in [0.25, 0.3) is 11.3 Å². The minimum absolute atomic E-state index is 0.167. The molecule has 26 heavy (non-hydrogen) atoms. The fourth-order valence-corrected chi connectivity index (χ4v) is 3.48. The van der Waals surface area contributed by atoms with Crippen molar-refractivity contribution >= 4 is 0 Å². The minimum atomic E-state index is 0.167. The van der Waals surface area contributed by atoms with E-state index in [-0.39, 0.29) is 6.10 Å². The van der Waals surface area contributed by atoms with Crippen molar-refractivity contribution in [3.8, 4) is 17.0 Å². The van der Waals surface area contributed by atoms with Crippen LogP contribution in [0.3, 0.4) is 0 Å². The Labute approximate surface area is 159 Å². The van der Waals surface area contributed by atoms with Gasteiger partial charge in [-0.3, -0.25) is 4.98 Å². The van der Waals surface area contributed by atoms with Gasteiger partial charge in [-0.25, -0.2) is 0 Å². The van der Waals surface area contributed by atoms with Gasteiger partial charge < -0.3 is 9.64 Å². The highest BCUT2D eigenvalue weighted by Gasteiger charge is 2.17. The number of ether oxygens (including phenoxy) is 1. The molecule has 1 aromatic heterocycles. The van der Waals surface area contributed by atoms with Gasteiger partial charge in [-0.15, -0.1) is 0 Å². The Balaban J connectivity index is 2.46. The molecule has 0 saturated heterocycles. The van der Waals surface area contributed by atoms with Crippen molar-refractivity contribution in [3.05, 3.63) is 47.7 Å². The van der Waals surface area contributed by atoms with Gasteiger partial charge in [0, 0.05) is 18.3 Å². The van der Waals surface area contributed by atoms with E-state index in [1.165, 1.54) is 29.5 Å². The molecule has 0 saturated carbocycles. The monoisotopic (exact) mass is 354 g/mol. The first-order valence-electron chi connectivity index (χ1n) is 9.94. The Hall–Kier alpha value is -1.87. The zero-order chi connectivity index (χ0) is 18.9. The van der Waals surface area contributed by atoms with Gasteiger partial charge >= 0.3 is 0 Å². The predicted octanol–water partition coefficient (Wildman–Crippen LogP) is 5.37. The molecule has 0 fully saturated rings. The minimum Gasteiger partial charge on any atom is -0.489 e. The van der Waals surface area contributed by atoms with Crippen LogP contribution in [-0.2, 0) is 12.8 Å². The number of hydrogen-bond donors (Lipinski definition) is 0. The Kier molecular flexibility index (Phi) is 8.11. The first kappa shape index (κ1) is 20.4. The number of nitrogens with zero attached hydrogens (tertiary/aromatic N) is 2. The summed E-state index contributed by atoms with van der Waals surface area (Å²) in [5.41, 5.74) is 5.11. The largest absolute Gasteiger partial charge is 0.489 e. The lowest BCUT2D eigenvalue weighted by molar-refractivity contribution is 0.175. The molecule has 1 atom stereocenters. The number of likely N-dealkylation sites (N-methyl/N-ethyl adjacent to an activating group) is 1. The lowest BCUT2D eigenvalue weighted by Crippen LogP contribution is -2.28. The highest BCUT2D eigenvalue weighted by molar-refractivity contribution is 5.67. The van der Waals surface area contributed by atoms with Crippen LogP contribution in [0, 0.1) is 0 Å². The summed E-state index contributed by atoms with van der Waals surface area (Å²) in [6.45, 7) is 7.55. The molecule has 2 rings (SSSR count). The Bertz CT molecular complexity index is 667. The summed E-state index contributed by atoms with van der Waals surface area (Å²) in [5.74, 6) is 1.05. The van der Waals surface area contributed by atoms with E-state index in [4.69, 9.17) is 4.74 Å². The van der Waals surface area contributed by atoms with Crippen molar-refractivity contribution in [2.75, 3.05) is 20.6 Å². The Morgan fingerprint density at radius 3 is 2.42 bits per heavy atom. The quantitative estimate of drug-likeness (QED) is 0.573. The highest BCUT2D eigenvalue weighted by atomic mass is 16.5. The van der Waals surface area contributed by atoms with Crippen LogP contribution in [0.2, 0.25) is 0 Å². The van der Waals surface area contributed by atoms with E-state index in [1.807, 2.05) is 12.3 Å². The molecule has 1 unspecified atom stereocenters. The molecule has 0 radical (unpaired) electrons. The molecule has 0 aliphatic rings. The first-order valence-corrected chi connectivity index (χ1v) is 9.94.